The van der Waals surface area contributed by atoms with Gasteiger partial charge in [0, 0.05) is 22.8 Å². The lowest BCUT2D eigenvalue weighted by Crippen LogP contribution is -2.31. The molecule has 2 aromatic heterocycles. The molecule has 0 bridgehead atoms. The SMILES string of the molecule is CC1(O)CCc2c(sc(NC(=O)C3=CCCCC3)c2-c2nc(C3CC3)no2)C1. The maximum atomic E-state index is 12.8. The van der Waals surface area contributed by atoms with Gasteiger partial charge in [-0.05, 0) is 63.9 Å². The van der Waals surface area contributed by atoms with Gasteiger partial charge in [0.2, 0.25) is 0 Å². The minimum atomic E-state index is -0.712. The maximum absolute atomic E-state index is 12.8. The first kappa shape index (κ1) is 18.1. The number of amides is 1. The zero-order valence-electron chi connectivity index (χ0n) is 16.1. The summed E-state index contributed by atoms with van der Waals surface area (Å²) in [6.07, 6.45) is 10.3. The van der Waals surface area contributed by atoms with Crippen LogP contribution in [0.3, 0.4) is 0 Å². The minimum absolute atomic E-state index is 0.0340. The molecule has 0 spiro atoms. The van der Waals surface area contributed by atoms with Gasteiger partial charge < -0.3 is 14.9 Å². The summed E-state index contributed by atoms with van der Waals surface area (Å²) in [6, 6.07) is 0. The third kappa shape index (κ3) is 3.42. The van der Waals surface area contributed by atoms with Crippen molar-refractivity contribution < 1.29 is 14.4 Å². The molecule has 1 amide bonds. The standard InChI is InChI=1S/C21H25N3O3S/c1-21(26)10-9-14-15(11-21)28-20(23-18(25)13-5-3-2-4-6-13)16(14)19-22-17(24-27-19)12-7-8-12/h5,12,26H,2-4,6-11H2,1H3,(H,23,25). The molecule has 1 unspecified atom stereocenters. The van der Waals surface area contributed by atoms with Gasteiger partial charge in [0.15, 0.2) is 5.82 Å². The molecule has 2 heterocycles. The number of thiophene rings is 1. The molecule has 5 rings (SSSR count). The second-order valence-corrected chi connectivity index (χ2v) is 9.65. The van der Waals surface area contributed by atoms with Crippen molar-refractivity contribution >= 4 is 22.2 Å². The topological polar surface area (TPSA) is 88.2 Å². The van der Waals surface area contributed by atoms with E-state index in [-0.39, 0.29) is 5.91 Å². The van der Waals surface area contributed by atoms with Crippen LogP contribution in [-0.2, 0) is 17.6 Å². The molecule has 2 aromatic rings. The number of hydrogen-bond acceptors (Lipinski definition) is 6. The molecule has 1 fully saturated rings. The van der Waals surface area contributed by atoms with Crippen molar-refractivity contribution in [2.24, 2.45) is 0 Å². The zero-order valence-corrected chi connectivity index (χ0v) is 16.9. The number of nitrogens with one attached hydrogen (secondary N) is 1. The Balaban J connectivity index is 1.52. The van der Waals surface area contributed by atoms with E-state index in [0.717, 1.165) is 77.3 Å². The van der Waals surface area contributed by atoms with Gasteiger partial charge in [0.25, 0.3) is 11.8 Å². The third-order valence-corrected chi connectivity index (χ3v) is 7.10. The Morgan fingerprint density at radius 1 is 1.36 bits per heavy atom. The van der Waals surface area contributed by atoms with Crippen molar-refractivity contribution in [3.8, 4) is 11.5 Å². The number of nitrogens with zero attached hydrogens (tertiary/aromatic N) is 2. The molecule has 2 N–H and O–H groups in total. The number of hydrogen-bond donors (Lipinski definition) is 2. The van der Waals surface area contributed by atoms with Crippen molar-refractivity contribution in [1.82, 2.24) is 10.1 Å². The van der Waals surface area contributed by atoms with E-state index in [9.17, 15) is 9.90 Å². The van der Waals surface area contributed by atoms with Crippen molar-refractivity contribution in [1.29, 1.82) is 0 Å². The van der Waals surface area contributed by atoms with Gasteiger partial charge in [-0.2, -0.15) is 4.98 Å². The van der Waals surface area contributed by atoms with Crippen LogP contribution in [0.2, 0.25) is 0 Å². The molecular formula is C21H25N3O3S. The molecule has 28 heavy (non-hydrogen) atoms. The fourth-order valence-corrected chi connectivity index (χ4v) is 5.55. The number of anilines is 1. The lowest BCUT2D eigenvalue weighted by atomic mass is 9.85. The molecule has 3 aliphatic carbocycles. The van der Waals surface area contributed by atoms with Crippen molar-refractivity contribution in [2.75, 3.05) is 5.32 Å². The summed E-state index contributed by atoms with van der Waals surface area (Å²) < 4.78 is 5.61. The zero-order chi connectivity index (χ0) is 19.3. The lowest BCUT2D eigenvalue weighted by molar-refractivity contribution is -0.113. The number of fused-ring (bicyclic) bond motifs is 1. The average molecular weight is 400 g/mol. The molecule has 0 aromatic carbocycles. The predicted molar refractivity (Wildman–Crippen MR) is 107 cm³/mol. The Bertz CT molecular complexity index is 952. The number of carbonyl (C=O) groups excluding carboxylic acids is 1. The van der Waals surface area contributed by atoms with Crippen molar-refractivity contribution in [3.05, 3.63) is 27.9 Å². The second kappa shape index (κ2) is 6.81. The van der Waals surface area contributed by atoms with Crippen LogP contribution in [0.15, 0.2) is 16.2 Å². The highest BCUT2D eigenvalue weighted by molar-refractivity contribution is 7.17. The summed E-state index contributed by atoms with van der Waals surface area (Å²) in [5.41, 5.74) is 2.14. The van der Waals surface area contributed by atoms with E-state index in [1.165, 1.54) is 11.3 Å². The van der Waals surface area contributed by atoms with E-state index in [1.807, 2.05) is 6.92 Å². The van der Waals surface area contributed by atoms with Crippen LogP contribution < -0.4 is 5.32 Å². The van der Waals surface area contributed by atoms with Crippen LogP contribution >= 0.6 is 11.3 Å². The molecule has 148 valence electrons. The summed E-state index contributed by atoms with van der Waals surface area (Å²) in [5, 5.41) is 18.6. The minimum Gasteiger partial charge on any atom is -0.390 e. The molecule has 0 saturated heterocycles. The predicted octanol–water partition coefficient (Wildman–Crippen LogP) is 4.35. The van der Waals surface area contributed by atoms with Gasteiger partial charge in [-0.25, -0.2) is 0 Å². The van der Waals surface area contributed by atoms with Crippen LogP contribution in [0, 0.1) is 0 Å². The van der Waals surface area contributed by atoms with Crippen LogP contribution in [0.5, 0.6) is 0 Å². The quantitative estimate of drug-likeness (QED) is 0.798. The van der Waals surface area contributed by atoms with Gasteiger partial charge >= 0.3 is 0 Å². The van der Waals surface area contributed by atoms with Crippen LogP contribution in [-0.4, -0.2) is 26.8 Å². The van der Waals surface area contributed by atoms with Crippen LogP contribution in [0.1, 0.15) is 74.1 Å². The molecule has 0 radical (unpaired) electrons. The fourth-order valence-electron chi connectivity index (χ4n) is 4.13. The highest BCUT2D eigenvalue weighted by Gasteiger charge is 2.35. The highest BCUT2D eigenvalue weighted by atomic mass is 32.1. The summed E-state index contributed by atoms with van der Waals surface area (Å²) in [5.74, 6) is 1.64. The number of aromatic nitrogens is 2. The Morgan fingerprint density at radius 3 is 2.96 bits per heavy atom. The molecule has 7 heteroatoms. The van der Waals surface area contributed by atoms with E-state index in [2.05, 4.69) is 21.5 Å². The van der Waals surface area contributed by atoms with Gasteiger partial charge in [-0.3, -0.25) is 4.79 Å². The molecule has 6 nitrogen and oxygen atoms in total. The number of allylic oxidation sites excluding steroid dienone is 1. The lowest BCUT2D eigenvalue weighted by Gasteiger charge is -2.27. The Labute approximate surface area is 168 Å². The first-order chi connectivity index (χ1) is 13.5. The van der Waals surface area contributed by atoms with E-state index in [4.69, 9.17) is 4.52 Å². The Kier molecular flexibility index (Phi) is 4.39. The second-order valence-electron chi connectivity index (χ2n) is 8.54. The number of carbonyl (C=O) groups is 1. The smallest absolute Gasteiger partial charge is 0.261 e. The molecule has 1 atom stereocenters. The molecule has 0 aliphatic heterocycles. The van der Waals surface area contributed by atoms with E-state index in [1.54, 1.807) is 0 Å². The monoisotopic (exact) mass is 399 g/mol. The normalized spacial score (nSPS) is 24.6. The van der Waals surface area contributed by atoms with Gasteiger partial charge in [0.1, 0.15) is 5.00 Å². The van der Waals surface area contributed by atoms with Crippen molar-refractivity contribution in [2.45, 2.75) is 76.2 Å². The molecule has 3 aliphatic rings. The highest BCUT2D eigenvalue weighted by Crippen LogP contribution is 2.47. The summed E-state index contributed by atoms with van der Waals surface area (Å²) in [6.45, 7) is 1.87. The fraction of sp³-hybridized carbons (Fsp3) is 0.571. The summed E-state index contributed by atoms with van der Waals surface area (Å²) in [4.78, 5) is 18.6. The largest absolute Gasteiger partial charge is 0.390 e. The maximum Gasteiger partial charge on any atom is 0.261 e. The first-order valence-corrected chi connectivity index (χ1v) is 11.0. The van der Waals surface area contributed by atoms with Gasteiger partial charge in [0.05, 0.1) is 11.2 Å². The van der Waals surface area contributed by atoms with E-state index >= 15 is 0 Å². The van der Waals surface area contributed by atoms with Crippen LogP contribution in [0.4, 0.5) is 5.00 Å². The molecule has 1 saturated carbocycles. The number of rotatable bonds is 4. The van der Waals surface area contributed by atoms with Crippen LogP contribution in [0.25, 0.3) is 11.5 Å². The third-order valence-electron chi connectivity index (χ3n) is 5.95. The average Bonchev–Trinajstić information content (AvgIpc) is 3.31. The van der Waals surface area contributed by atoms with E-state index in [0.29, 0.717) is 24.7 Å². The van der Waals surface area contributed by atoms with Gasteiger partial charge in [-0.15, -0.1) is 11.3 Å². The first-order valence-electron chi connectivity index (χ1n) is 10.2. The summed E-state index contributed by atoms with van der Waals surface area (Å²) >= 11 is 1.54. The van der Waals surface area contributed by atoms with E-state index < -0.39 is 5.60 Å². The van der Waals surface area contributed by atoms with Gasteiger partial charge in [-0.1, -0.05) is 11.2 Å². The van der Waals surface area contributed by atoms with Crippen molar-refractivity contribution in [3.63, 3.8) is 0 Å². The Hall–Kier alpha value is -1.99. The Morgan fingerprint density at radius 2 is 2.21 bits per heavy atom. The molecular weight excluding hydrogens is 374 g/mol. The summed E-state index contributed by atoms with van der Waals surface area (Å²) in [7, 11) is 0. The number of aliphatic hydroxyl groups is 1.